The summed E-state index contributed by atoms with van der Waals surface area (Å²) in [5.41, 5.74) is 20.6. The highest BCUT2D eigenvalue weighted by atomic mass is 15.1. The van der Waals surface area contributed by atoms with Gasteiger partial charge in [0.25, 0.3) is 0 Å². The minimum Gasteiger partial charge on any atom is -0.310 e. The van der Waals surface area contributed by atoms with Crippen LogP contribution in [0.5, 0.6) is 0 Å². The van der Waals surface area contributed by atoms with E-state index in [4.69, 9.17) is 0 Å². The van der Waals surface area contributed by atoms with Crippen LogP contribution in [0.2, 0.25) is 0 Å². The first-order valence-electron chi connectivity index (χ1n) is 20.3. The molecule has 0 saturated heterocycles. The first-order chi connectivity index (χ1) is 26.7. The number of para-hydroxylation sites is 2. The topological polar surface area (TPSA) is 3.24 Å². The lowest BCUT2D eigenvalue weighted by atomic mass is 9.74. The lowest BCUT2D eigenvalue weighted by Gasteiger charge is -2.32. The van der Waals surface area contributed by atoms with Crippen molar-refractivity contribution in [1.82, 2.24) is 0 Å². The lowest BCUT2D eigenvalue weighted by molar-refractivity contribution is 0.564. The highest BCUT2D eigenvalue weighted by Crippen LogP contribution is 2.58. The van der Waals surface area contributed by atoms with Gasteiger partial charge in [0, 0.05) is 27.8 Å². The van der Waals surface area contributed by atoms with Gasteiger partial charge in [-0.2, -0.15) is 0 Å². The third-order valence-corrected chi connectivity index (χ3v) is 12.8. The predicted octanol–water partition coefficient (Wildman–Crippen LogP) is 15.1. The smallest absolute Gasteiger partial charge is 0.0540 e. The summed E-state index contributed by atoms with van der Waals surface area (Å²) in [7, 11) is 0. The van der Waals surface area contributed by atoms with E-state index in [-0.39, 0.29) is 21.7 Å². The van der Waals surface area contributed by atoms with E-state index < -0.39 is 0 Å². The van der Waals surface area contributed by atoms with Gasteiger partial charge in [0.2, 0.25) is 0 Å². The van der Waals surface area contributed by atoms with Crippen LogP contribution in [0.1, 0.15) is 101 Å². The van der Waals surface area contributed by atoms with Crippen molar-refractivity contribution in [1.29, 1.82) is 0 Å². The molecule has 7 aromatic rings. The molecule has 0 spiro atoms. The summed E-state index contributed by atoms with van der Waals surface area (Å²) in [5.74, 6) is 0. The Labute approximate surface area is 334 Å². The molecule has 1 heteroatoms. The molecular weight excluding hydrogens is 675 g/mol. The van der Waals surface area contributed by atoms with Gasteiger partial charge in [0.05, 0.1) is 5.69 Å². The van der Waals surface area contributed by atoms with Crippen LogP contribution in [0.25, 0.3) is 33.4 Å². The van der Waals surface area contributed by atoms with Crippen LogP contribution in [0.4, 0.5) is 17.1 Å². The zero-order chi connectivity index (χ0) is 39.2. The van der Waals surface area contributed by atoms with Gasteiger partial charge < -0.3 is 4.90 Å². The third-order valence-electron chi connectivity index (χ3n) is 12.8. The summed E-state index contributed by atoms with van der Waals surface area (Å²) in [5, 5.41) is 0. The van der Waals surface area contributed by atoms with Crippen LogP contribution < -0.4 is 4.90 Å². The summed E-state index contributed by atoms with van der Waals surface area (Å²) < 4.78 is 0. The van der Waals surface area contributed by atoms with Gasteiger partial charge >= 0.3 is 0 Å². The molecule has 0 saturated carbocycles. The van der Waals surface area contributed by atoms with Crippen LogP contribution in [0.15, 0.2) is 158 Å². The summed E-state index contributed by atoms with van der Waals surface area (Å²) >= 11 is 0. The molecule has 278 valence electrons. The fourth-order valence-corrected chi connectivity index (χ4v) is 9.74. The van der Waals surface area contributed by atoms with E-state index in [9.17, 15) is 0 Å². The second-order valence-electron chi connectivity index (χ2n) is 18.8. The van der Waals surface area contributed by atoms with E-state index in [1.807, 2.05) is 0 Å². The van der Waals surface area contributed by atoms with Gasteiger partial charge in [-0.05, 0) is 115 Å². The van der Waals surface area contributed by atoms with E-state index in [1.165, 1.54) is 78.0 Å². The molecule has 1 unspecified atom stereocenters. The zero-order valence-electron chi connectivity index (χ0n) is 34.5. The Bertz CT molecular complexity index is 2630. The van der Waals surface area contributed by atoms with Crippen LogP contribution in [0, 0.1) is 0 Å². The molecule has 0 radical (unpaired) electrons. The molecular formula is C55H53N. The number of fused-ring (bicyclic) bond motifs is 6. The van der Waals surface area contributed by atoms with Crippen molar-refractivity contribution in [3.8, 4) is 33.4 Å². The van der Waals surface area contributed by atoms with Gasteiger partial charge in [0.15, 0.2) is 0 Å². The molecule has 0 amide bonds. The maximum absolute atomic E-state index is 2.52. The Balaban J connectivity index is 1.30. The van der Waals surface area contributed by atoms with Crippen LogP contribution >= 0.6 is 0 Å². The number of hydrogen-bond donors (Lipinski definition) is 0. The Hall–Kier alpha value is -5.66. The first-order valence-corrected chi connectivity index (χ1v) is 20.3. The number of hydrogen-bond acceptors (Lipinski definition) is 1. The Kier molecular flexibility index (Phi) is 8.16. The molecule has 9 rings (SSSR count). The van der Waals surface area contributed by atoms with Crippen LogP contribution in [-0.2, 0) is 21.7 Å². The molecule has 0 bridgehead atoms. The van der Waals surface area contributed by atoms with Gasteiger partial charge in [0.1, 0.15) is 0 Å². The Morgan fingerprint density at radius 3 is 1.70 bits per heavy atom. The van der Waals surface area contributed by atoms with E-state index in [0.29, 0.717) is 0 Å². The monoisotopic (exact) mass is 727 g/mol. The molecule has 0 fully saturated rings. The molecule has 0 heterocycles. The summed E-state index contributed by atoms with van der Waals surface area (Å²) in [4.78, 5) is 2.48. The average molecular weight is 728 g/mol. The quantitative estimate of drug-likeness (QED) is 0.171. The molecule has 2 aliphatic rings. The zero-order valence-corrected chi connectivity index (χ0v) is 34.5. The Morgan fingerprint density at radius 1 is 0.411 bits per heavy atom. The largest absolute Gasteiger partial charge is 0.310 e. The number of nitrogens with zero attached hydrogens (tertiary/aromatic N) is 1. The SMILES string of the molecule is CC(C)(C)c1cc(C(C)(C)C)c2c(c1)C(C)(C)c1cccc(-c3ccccc3N(c3ccccc3)c3ccc4c(c3)C(C)(c3ccccc3)c3ccccc3-4)c1-2. The van der Waals surface area contributed by atoms with Gasteiger partial charge in [-0.3, -0.25) is 0 Å². The molecule has 56 heavy (non-hydrogen) atoms. The predicted molar refractivity (Wildman–Crippen MR) is 239 cm³/mol. The van der Waals surface area contributed by atoms with Crippen LogP contribution in [0.3, 0.4) is 0 Å². The van der Waals surface area contributed by atoms with Gasteiger partial charge in [-0.25, -0.2) is 0 Å². The van der Waals surface area contributed by atoms with E-state index in [1.54, 1.807) is 0 Å². The number of anilines is 3. The fraction of sp³-hybridized carbons (Fsp3) is 0.236. The first kappa shape index (κ1) is 36.0. The molecule has 1 nitrogen and oxygen atoms in total. The standard InChI is InChI=1S/C55H53N/c1-52(2,3)37-33-47(53(4,5)6)51-48(34-37)54(7,8)45-29-20-27-43(50(45)51)42-26-17-19-30-49(42)56(38-23-14-11-15-24-38)39-31-32-41-40-25-16-18-28-44(40)55(9,46(41)35-39)36-21-12-10-13-22-36/h10-35H,1-9H3. The minimum absolute atomic E-state index is 0.0410. The Morgan fingerprint density at radius 2 is 1.00 bits per heavy atom. The summed E-state index contributed by atoms with van der Waals surface area (Å²) in [6, 6.07) is 59.2. The molecule has 0 N–H and O–H groups in total. The van der Waals surface area contributed by atoms with Crippen molar-refractivity contribution in [2.75, 3.05) is 4.90 Å². The maximum Gasteiger partial charge on any atom is 0.0540 e. The molecule has 0 aromatic heterocycles. The van der Waals surface area contributed by atoms with Crippen molar-refractivity contribution in [2.45, 2.75) is 84.0 Å². The van der Waals surface area contributed by atoms with Crippen molar-refractivity contribution in [3.05, 3.63) is 197 Å². The lowest BCUT2D eigenvalue weighted by Crippen LogP contribution is -2.22. The highest BCUT2D eigenvalue weighted by Gasteiger charge is 2.43. The molecule has 2 aliphatic carbocycles. The van der Waals surface area contributed by atoms with Crippen molar-refractivity contribution >= 4 is 17.1 Å². The molecule has 0 aliphatic heterocycles. The van der Waals surface area contributed by atoms with Crippen LogP contribution in [-0.4, -0.2) is 0 Å². The molecule has 1 atom stereocenters. The van der Waals surface area contributed by atoms with Crippen molar-refractivity contribution in [2.24, 2.45) is 0 Å². The summed E-state index contributed by atoms with van der Waals surface area (Å²) in [6.07, 6.45) is 0. The third kappa shape index (κ3) is 5.42. The summed E-state index contributed by atoms with van der Waals surface area (Å²) in [6.45, 7) is 21.4. The fourth-order valence-electron chi connectivity index (χ4n) is 9.74. The van der Waals surface area contributed by atoms with Crippen molar-refractivity contribution < 1.29 is 0 Å². The minimum atomic E-state index is -0.296. The second kappa shape index (κ2) is 12.7. The van der Waals surface area contributed by atoms with E-state index >= 15 is 0 Å². The second-order valence-corrected chi connectivity index (χ2v) is 18.8. The molecule has 7 aromatic carbocycles. The highest BCUT2D eigenvalue weighted by molar-refractivity contribution is 5.99. The average Bonchev–Trinajstić information content (AvgIpc) is 3.59. The number of benzene rings is 7. The maximum atomic E-state index is 2.52. The van der Waals surface area contributed by atoms with E-state index in [2.05, 4.69) is 225 Å². The van der Waals surface area contributed by atoms with Crippen molar-refractivity contribution in [3.63, 3.8) is 0 Å². The van der Waals surface area contributed by atoms with E-state index in [0.717, 1.165) is 11.4 Å². The van der Waals surface area contributed by atoms with Gasteiger partial charge in [-0.15, -0.1) is 0 Å². The number of rotatable bonds is 5. The normalized spacial score (nSPS) is 16.5. The van der Waals surface area contributed by atoms with Gasteiger partial charge in [-0.1, -0.05) is 183 Å².